The lowest BCUT2D eigenvalue weighted by molar-refractivity contribution is -0.123. The molecule has 2 aromatic carbocycles. The normalized spacial score (nSPS) is 10.5. The number of aromatic nitrogens is 1. The third-order valence-electron chi connectivity index (χ3n) is 4.14. The van der Waals surface area contributed by atoms with Gasteiger partial charge in [-0.2, -0.15) is 0 Å². The summed E-state index contributed by atoms with van der Waals surface area (Å²) in [5, 5.41) is 3.87. The highest BCUT2D eigenvalue weighted by molar-refractivity contribution is 7.15. The number of rotatable bonds is 7. The lowest BCUT2D eigenvalue weighted by atomic mass is 10.1. The Morgan fingerprint density at radius 2 is 1.78 bits per heavy atom. The summed E-state index contributed by atoms with van der Waals surface area (Å²) < 4.78 is 10.6. The molecule has 1 aromatic heterocycles. The van der Waals surface area contributed by atoms with E-state index in [9.17, 15) is 4.79 Å². The van der Waals surface area contributed by atoms with Crippen molar-refractivity contribution in [1.29, 1.82) is 0 Å². The van der Waals surface area contributed by atoms with Crippen LogP contribution >= 0.6 is 11.3 Å². The maximum absolute atomic E-state index is 12.1. The molecule has 0 radical (unpaired) electrons. The van der Waals surface area contributed by atoms with E-state index < -0.39 is 0 Å². The minimum Gasteiger partial charge on any atom is -0.497 e. The monoisotopic (exact) mass is 382 g/mol. The van der Waals surface area contributed by atoms with Gasteiger partial charge in [-0.05, 0) is 43.7 Å². The molecule has 0 spiro atoms. The third-order valence-corrected chi connectivity index (χ3v) is 5.33. The predicted octanol–water partition coefficient (Wildman–Crippen LogP) is 4.13. The number of aryl methyl sites for hydroxylation is 2. The van der Waals surface area contributed by atoms with E-state index in [-0.39, 0.29) is 12.5 Å². The van der Waals surface area contributed by atoms with Crippen LogP contribution in [0.25, 0.3) is 10.6 Å². The van der Waals surface area contributed by atoms with Crippen molar-refractivity contribution < 1.29 is 14.3 Å². The van der Waals surface area contributed by atoms with Crippen molar-refractivity contribution in [2.24, 2.45) is 0 Å². The number of amides is 1. The molecule has 1 amide bonds. The molecule has 140 valence electrons. The van der Waals surface area contributed by atoms with E-state index >= 15 is 0 Å². The van der Waals surface area contributed by atoms with Crippen LogP contribution in [0.2, 0.25) is 0 Å². The van der Waals surface area contributed by atoms with Gasteiger partial charge in [-0.25, -0.2) is 4.98 Å². The van der Waals surface area contributed by atoms with Gasteiger partial charge in [-0.1, -0.05) is 24.3 Å². The third kappa shape index (κ3) is 4.86. The van der Waals surface area contributed by atoms with Crippen LogP contribution in [0.4, 0.5) is 0 Å². The van der Waals surface area contributed by atoms with Gasteiger partial charge in [0.15, 0.2) is 6.61 Å². The molecule has 0 aliphatic heterocycles. The Labute approximate surface area is 163 Å². The fraction of sp³-hybridized carbons (Fsp3) is 0.238. The van der Waals surface area contributed by atoms with Crippen LogP contribution in [0.15, 0.2) is 48.5 Å². The molecule has 0 unspecified atom stereocenters. The average molecular weight is 382 g/mol. The molecule has 0 fully saturated rings. The first-order valence-corrected chi connectivity index (χ1v) is 9.44. The van der Waals surface area contributed by atoms with Crippen LogP contribution < -0.4 is 14.8 Å². The second-order valence-electron chi connectivity index (χ2n) is 6.08. The van der Waals surface area contributed by atoms with Crippen LogP contribution in [0.5, 0.6) is 11.5 Å². The van der Waals surface area contributed by atoms with Gasteiger partial charge in [-0.3, -0.25) is 4.79 Å². The van der Waals surface area contributed by atoms with Crippen LogP contribution in [-0.2, 0) is 11.3 Å². The van der Waals surface area contributed by atoms with Crippen molar-refractivity contribution in [2.45, 2.75) is 20.4 Å². The number of hydrogen-bond acceptors (Lipinski definition) is 5. The smallest absolute Gasteiger partial charge is 0.258 e. The first-order chi connectivity index (χ1) is 13.1. The number of ether oxygens (including phenoxy) is 2. The second kappa shape index (κ2) is 8.68. The van der Waals surface area contributed by atoms with Crippen molar-refractivity contribution in [3.05, 3.63) is 64.7 Å². The van der Waals surface area contributed by atoms with E-state index in [0.717, 1.165) is 26.9 Å². The summed E-state index contributed by atoms with van der Waals surface area (Å²) in [5.41, 5.74) is 3.26. The molecule has 6 heteroatoms. The maximum Gasteiger partial charge on any atom is 0.258 e. The molecule has 0 saturated heterocycles. The van der Waals surface area contributed by atoms with Gasteiger partial charge < -0.3 is 14.8 Å². The van der Waals surface area contributed by atoms with Crippen LogP contribution in [-0.4, -0.2) is 24.6 Å². The summed E-state index contributed by atoms with van der Waals surface area (Å²) in [4.78, 5) is 17.8. The zero-order valence-corrected chi connectivity index (χ0v) is 16.4. The largest absolute Gasteiger partial charge is 0.497 e. The summed E-state index contributed by atoms with van der Waals surface area (Å²) in [5.74, 6) is 1.20. The molecule has 1 heterocycles. The molecule has 27 heavy (non-hydrogen) atoms. The molecular formula is C21H22N2O3S. The van der Waals surface area contributed by atoms with Crippen LogP contribution in [0.3, 0.4) is 0 Å². The van der Waals surface area contributed by atoms with Crippen molar-refractivity contribution >= 4 is 17.2 Å². The van der Waals surface area contributed by atoms with Gasteiger partial charge in [0, 0.05) is 10.4 Å². The SMILES string of the molecule is COc1ccc(OCC(=O)NCc2sc(-c3ccccc3C)nc2C)cc1. The second-order valence-corrected chi connectivity index (χ2v) is 7.17. The van der Waals surface area contributed by atoms with Gasteiger partial charge >= 0.3 is 0 Å². The van der Waals surface area contributed by atoms with E-state index in [4.69, 9.17) is 9.47 Å². The highest BCUT2D eigenvalue weighted by atomic mass is 32.1. The van der Waals surface area contributed by atoms with E-state index in [1.54, 1.807) is 42.7 Å². The Balaban J connectivity index is 1.55. The van der Waals surface area contributed by atoms with Crippen molar-refractivity contribution in [3.8, 4) is 22.1 Å². The lowest BCUT2D eigenvalue weighted by Crippen LogP contribution is -2.28. The fourth-order valence-electron chi connectivity index (χ4n) is 2.57. The summed E-state index contributed by atoms with van der Waals surface area (Å²) in [7, 11) is 1.61. The van der Waals surface area contributed by atoms with Gasteiger partial charge in [0.1, 0.15) is 16.5 Å². The quantitative estimate of drug-likeness (QED) is 0.667. The molecular weight excluding hydrogens is 360 g/mol. The number of nitrogens with zero attached hydrogens (tertiary/aromatic N) is 1. The summed E-state index contributed by atoms with van der Waals surface area (Å²) in [6.45, 7) is 4.45. The summed E-state index contributed by atoms with van der Waals surface area (Å²) in [6, 6.07) is 15.3. The van der Waals surface area contributed by atoms with Crippen molar-refractivity contribution in [3.63, 3.8) is 0 Å². The number of thiazole rings is 1. The molecule has 5 nitrogen and oxygen atoms in total. The first kappa shape index (κ1) is 18.9. The number of methoxy groups -OCH3 is 1. The standard InChI is InChI=1S/C21H22N2O3S/c1-14-6-4-5-7-18(14)21-23-15(2)19(27-21)12-22-20(24)13-26-17-10-8-16(25-3)9-11-17/h4-11H,12-13H2,1-3H3,(H,22,24). The zero-order valence-electron chi connectivity index (χ0n) is 15.6. The maximum atomic E-state index is 12.1. The van der Waals surface area contributed by atoms with Gasteiger partial charge in [0.05, 0.1) is 19.3 Å². The van der Waals surface area contributed by atoms with Crippen LogP contribution in [0, 0.1) is 13.8 Å². The van der Waals surface area contributed by atoms with Crippen LogP contribution in [0.1, 0.15) is 16.1 Å². The summed E-state index contributed by atoms with van der Waals surface area (Å²) >= 11 is 1.61. The lowest BCUT2D eigenvalue weighted by Gasteiger charge is -2.07. The molecule has 0 aliphatic carbocycles. The number of carbonyl (C=O) groups excluding carboxylic acids is 1. The van der Waals surface area contributed by atoms with Crippen molar-refractivity contribution in [1.82, 2.24) is 10.3 Å². The molecule has 3 rings (SSSR count). The van der Waals surface area contributed by atoms with E-state index in [1.807, 2.05) is 19.1 Å². The number of carbonyl (C=O) groups is 1. The predicted molar refractivity (Wildman–Crippen MR) is 107 cm³/mol. The molecule has 0 bridgehead atoms. The molecule has 0 atom stereocenters. The Bertz CT molecular complexity index is 919. The van der Waals surface area contributed by atoms with E-state index in [2.05, 4.69) is 29.4 Å². The van der Waals surface area contributed by atoms with Gasteiger partial charge in [0.25, 0.3) is 5.91 Å². The van der Waals surface area contributed by atoms with E-state index in [1.165, 1.54) is 5.56 Å². The minimum absolute atomic E-state index is 0.0329. The molecule has 0 saturated carbocycles. The van der Waals surface area contributed by atoms with Crippen molar-refractivity contribution in [2.75, 3.05) is 13.7 Å². The average Bonchev–Trinajstić information content (AvgIpc) is 3.06. The van der Waals surface area contributed by atoms with E-state index in [0.29, 0.717) is 12.3 Å². The topological polar surface area (TPSA) is 60.5 Å². The Hall–Kier alpha value is -2.86. The van der Waals surface area contributed by atoms with Gasteiger partial charge in [-0.15, -0.1) is 11.3 Å². The summed E-state index contributed by atoms with van der Waals surface area (Å²) in [6.07, 6.45) is 0. The Kier molecular flexibility index (Phi) is 6.08. The minimum atomic E-state index is -0.170. The fourth-order valence-corrected chi connectivity index (χ4v) is 3.66. The number of nitrogens with one attached hydrogen (secondary N) is 1. The van der Waals surface area contributed by atoms with Gasteiger partial charge in [0.2, 0.25) is 0 Å². The highest BCUT2D eigenvalue weighted by Gasteiger charge is 2.12. The number of hydrogen-bond donors (Lipinski definition) is 1. The first-order valence-electron chi connectivity index (χ1n) is 8.62. The zero-order chi connectivity index (χ0) is 19.2. The molecule has 0 aliphatic rings. The molecule has 3 aromatic rings. The molecule has 1 N–H and O–H groups in total. The number of benzene rings is 2. The Morgan fingerprint density at radius 3 is 2.48 bits per heavy atom. The Morgan fingerprint density at radius 1 is 1.07 bits per heavy atom. The highest BCUT2D eigenvalue weighted by Crippen LogP contribution is 2.30.